The van der Waals surface area contributed by atoms with Gasteiger partial charge in [0.2, 0.25) is 5.91 Å². The Morgan fingerprint density at radius 1 is 1.27 bits per heavy atom. The summed E-state index contributed by atoms with van der Waals surface area (Å²) in [7, 11) is 0. The highest BCUT2D eigenvalue weighted by Crippen LogP contribution is 2.58. The lowest BCUT2D eigenvalue weighted by Crippen LogP contribution is -2.31. The molecule has 1 aromatic heterocycles. The van der Waals surface area contributed by atoms with E-state index >= 15 is 0 Å². The van der Waals surface area contributed by atoms with E-state index in [1.54, 1.807) is 12.4 Å². The lowest BCUT2D eigenvalue weighted by atomic mass is 10.0. The third-order valence-electron chi connectivity index (χ3n) is 5.74. The molecule has 2 amide bonds. The van der Waals surface area contributed by atoms with Crippen LogP contribution in [0.5, 0.6) is 0 Å². The molecule has 1 aromatic carbocycles. The summed E-state index contributed by atoms with van der Waals surface area (Å²) in [5.41, 5.74) is 2.75. The monoisotopic (exact) mass is 349 g/mol. The first-order chi connectivity index (χ1) is 12.6. The third-order valence-corrected chi connectivity index (χ3v) is 5.74. The van der Waals surface area contributed by atoms with Gasteiger partial charge < -0.3 is 10.2 Å². The Morgan fingerprint density at radius 2 is 2.12 bits per heavy atom. The van der Waals surface area contributed by atoms with E-state index in [4.69, 9.17) is 0 Å². The Kier molecular flexibility index (Phi) is 4.23. The summed E-state index contributed by atoms with van der Waals surface area (Å²) in [6.07, 6.45) is 5.28. The summed E-state index contributed by atoms with van der Waals surface area (Å²) >= 11 is 0. The summed E-state index contributed by atoms with van der Waals surface area (Å²) in [4.78, 5) is 31.3. The second-order valence-corrected chi connectivity index (χ2v) is 7.49. The van der Waals surface area contributed by atoms with Gasteiger partial charge in [0.05, 0.1) is 0 Å². The normalized spacial score (nSPS) is 23.9. The molecule has 2 atom stereocenters. The highest BCUT2D eigenvalue weighted by Gasteiger charge is 2.61. The van der Waals surface area contributed by atoms with Crippen LogP contribution >= 0.6 is 0 Å². The molecule has 5 heteroatoms. The van der Waals surface area contributed by atoms with Gasteiger partial charge in [0.1, 0.15) is 0 Å². The molecule has 26 heavy (non-hydrogen) atoms. The first-order valence-corrected chi connectivity index (χ1v) is 9.11. The number of hydrogen-bond donors (Lipinski definition) is 1. The number of aryl methyl sites for hydroxylation is 1. The fraction of sp³-hybridized carbons (Fsp3) is 0.381. The van der Waals surface area contributed by atoms with Crippen LogP contribution in [0.2, 0.25) is 0 Å². The van der Waals surface area contributed by atoms with E-state index < -0.39 is 0 Å². The van der Waals surface area contributed by atoms with Gasteiger partial charge in [0.25, 0.3) is 5.91 Å². The number of amides is 2. The summed E-state index contributed by atoms with van der Waals surface area (Å²) < 4.78 is 0. The van der Waals surface area contributed by atoms with Crippen molar-refractivity contribution in [3.05, 3.63) is 65.5 Å². The van der Waals surface area contributed by atoms with E-state index in [9.17, 15) is 9.59 Å². The number of nitrogens with one attached hydrogen (secondary N) is 1. The molecule has 1 N–H and O–H groups in total. The molecule has 0 radical (unpaired) electrons. The average molecular weight is 349 g/mol. The van der Waals surface area contributed by atoms with Crippen LogP contribution in [0.3, 0.4) is 0 Å². The lowest BCUT2D eigenvalue weighted by Gasteiger charge is -2.18. The van der Waals surface area contributed by atoms with Crippen LogP contribution in [-0.2, 0) is 11.3 Å². The summed E-state index contributed by atoms with van der Waals surface area (Å²) in [5, 5.41) is 3.01. The average Bonchev–Trinajstić information content (AvgIpc) is 3.20. The molecule has 1 aliphatic heterocycles. The van der Waals surface area contributed by atoms with Crippen molar-refractivity contribution in [1.82, 2.24) is 15.2 Å². The predicted octanol–water partition coefficient (Wildman–Crippen LogP) is 2.56. The van der Waals surface area contributed by atoms with E-state index in [0.29, 0.717) is 13.1 Å². The molecule has 4 rings (SSSR count). The summed E-state index contributed by atoms with van der Waals surface area (Å²) in [6, 6.07) is 11.5. The summed E-state index contributed by atoms with van der Waals surface area (Å²) in [5.74, 6) is 0.203. The number of benzene rings is 1. The van der Waals surface area contributed by atoms with Crippen LogP contribution in [0.25, 0.3) is 0 Å². The summed E-state index contributed by atoms with van der Waals surface area (Å²) in [6.45, 7) is 3.89. The molecule has 2 heterocycles. The van der Waals surface area contributed by atoms with E-state index in [1.807, 2.05) is 48.2 Å². The molecule has 2 aliphatic rings. The number of pyridine rings is 1. The third kappa shape index (κ3) is 3.09. The standard InChI is InChI=1S/C21H23N3O2/c1-15-5-2-3-7-17(15)20(26)24-10-8-21(14-24)11-18(21)19(25)23-13-16-6-4-9-22-12-16/h2-7,9,12,18H,8,10-11,13-14H2,1H3,(H,23,25)/t18-,21+/m0/s1. The van der Waals surface area contributed by atoms with Crippen LogP contribution in [0, 0.1) is 18.3 Å². The minimum atomic E-state index is -0.0165. The molecule has 1 spiro atoms. The van der Waals surface area contributed by atoms with Crippen molar-refractivity contribution >= 4 is 11.8 Å². The molecule has 1 saturated heterocycles. The zero-order valence-electron chi connectivity index (χ0n) is 14.9. The maximum atomic E-state index is 12.8. The Hall–Kier alpha value is -2.69. The Balaban J connectivity index is 1.35. The maximum Gasteiger partial charge on any atom is 0.254 e. The number of aromatic nitrogens is 1. The number of carbonyl (C=O) groups is 2. The maximum absolute atomic E-state index is 12.8. The van der Waals surface area contributed by atoms with Crippen LogP contribution in [0.4, 0.5) is 0 Å². The van der Waals surface area contributed by atoms with Crippen molar-refractivity contribution < 1.29 is 9.59 Å². The quantitative estimate of drug-likeness (QED) is 0.923. The Labute approximate surface area is 153 Å². The Morgan fingerprint density at radius 3 is 2.88 bits per heavy atom. The fourth-order valence-corrected chi connectivity index (χ4v) is 4.04. The zero-order chi connectivity index (χ0) is 18.1. The first kappa shape index (κ1) is 16.8. The molecule has 0 bridgehead atoms. The number of nitrogens with zero attached hydrogens (tertiary/aromatic N) is 2. The zero-order valence-corrected chi connectivity index (χ0v) is 14.9. The number of hydrogen-bond acceptors (Lipinski definition) is 3. The molecule has 1 aliphatic carbocycles. The highest BCUT2D eigenvalue weighted by atomic mass is 16.2. The van der Waals surface area contributed by atoms with Crippen molar-refractivity contribution in [2.45, 2.75) is 26.3 Å². The first-order valence-electron chi connectivity index (χ1n) is 9.11. The van der Waals surface area contributed by atoms with Crippen molar-refractivity contribution in [3.8, 4) is 0 Å². The van der Waals surface area contributed by atoms with Crippen molar-refractivity contribution in [2.75, 3.05) is 13.1 Å². The van der Waals surface area contributed by atoms with E-state index in [1.165, 1.54) is 0 Å². The van der Waals surface area contributed by atoms with Gasteiger partial charge in [0, 0.05) is 48.9 Å². The second-order valence-electron chi connectivity index (χ2n) is 7.49. The molecule has 1 saturated carbocycles. The van der Waals surface area contributed by atoms with Crippen molar-refractivity contribution in [3.63, 3.8) is 0 Å². The minimum Gasteiger partial charge on any atom is -0.352 e. The van der Waals surface area contributed by atoms with Crippen LogP contribution in [0.1, 0.15) is 34.3 Å². The van der Waals surface area contributed by atoms with Crippen LogP contribution in [0.15, 0.2) is 48.8 Å². The molecule has 5 nitrogen and oxygen atoms in total. The number of carbonyl (C=O) groups excluding carboxylic acids is 2. The molecule has 0 unspecified atom stereocenters. The van der Waals surface area contributed by atoms with Gasteiger partial charge in [0.15, 0.2) is 0 Å². The molecule has 2 fully saturated rings. The SMILES string of the molecule is Cc1ccccc1C(=O)N1CC[C@@]2(C[C@H]2C(=O)NCc2cccnc2)C1. The molecular weight excluding hydrogens is 326 g/mol. The van der Waals surface area contributed by atoms with Crippen LogP contribution < -0.4 is 5.32 Å². The van der Waals surface area contributed by atoms with Gasteiger partial charge in [-0.2, -0.15) is 0 Å². The largest absolute Gasteiger partial charge is 0.352 e. The lowest BCUT2D eigenvalue weighted by molar-refractivity contribution is -0.123. The highest BCUT2D eigenvalue weighted by molar-refractivity contribution is 5.96. The van der Waals surface area contributed by atoms with Gasteiger partial charge in [-0.05, 0) is 43.0 Å². The van der Waals surface area contributed by atoms with E-state index in [0.717, 1.165) is 36.1 Å². The van der Waals surface area contributed by atoms with Gasteiger partial charge in [-0.1, -0.05) is 24.3 Å². The Bertz CT molecular complexity index is 836. The second kappa shape index (κ2) is 6.56. The molecule has 134 valence electrons. The van der Waals surface area contributed by atoms with Gasteiger partial charge in [-0.15, -0.1) is 0 Å². The smallest absolute Gasteiger partial charge is 0.254 e. The van der Waals surface area contributed by atoms with Gasteiger partial charge >= 0.3 is 0 Å². The fourth-order valence-electron chi connectivity index (χ4n) is 4.04. The van der Waals surface area contributed by atoms with E-state index in [2.05, 4.69) is 10.3 Å². The topological polar surface area (TPSA) is 62.3 Å². The van der Waals surface area contributed by atoms with E-state index in [-0.39, 0.29) is 23.1 Å². The molecule has 2 aromatic rings. The van der Waals surface area contributed by atoms with Crippen molar-refractivity contribution in [1.29, 1.82) is 0 Å². The van der Waals surface area contributed by atoms with Crippen molar-refractivity contribution in [2.24, 2.45) is 11.3 Å². The van der Waals surface area contributed by atoms with Gasteiger partial charge in [-0.3, -0.25) is 14.6 Å². The van der Waals surface area contributed by atoms with Crippen LogP contribution in [-0.4, -0.2) is 34.8 Å². The predicted molar refractivity (Wildman–Crippen MR) is 98.3 cm³/mol. The molecular formula is C21H23N3O2. The number of likely N-dealkylation sites (tertiary alicyclic amines) is 1. The minimum absolute atomic E-state index is 0.0165. The number of rotatable bonds is 4. The van der Waals surface area contributed by atoms with Gasteiger partial charge in [-0.25, -0.2) is 0 Å².